The predicted octanol–water partition coefficient (Wildman–Crippen LogP) is 2.66. The SMILES string of the molecule is C[C@@H]1C[C@H](CNC(=O)[C@@H](C)Oc2ccc(F)c(F)c2)CCO1. The van der Waals surface area contributed by atoms with Gasteiger partial charge in [-0.2, -0.15) is 0 Å². The third kappa shape index (κ3) is 4.66. The van der Waals surface area contributed by atoms with Crippen molar-refractivity contribution >= 4 is 5.91 Å². The van der Waals surface area contributed by atoms with Crippen molar-refractivity contribution < 1.29 is 23.0 Å². The number of rotatable bonds is 5. The molecule has 0 unspecified atom stereocenters. The van der Waals surface area contributed by atoms with Crippen LogP contribution in [-0.4, -0.2) is 31.3 Å². The van der Waals surface area contributed by atoms with Crippen LogP contribution >= 0.6 is 0 Å². The van der Waals surface area contributed by atoms with Crippen molar-refractivity contribution in [2.45, 2.75) is 38.9 Å². The third-order valence-electron chi connectivity index (χ3n) is 3.73. The molecule has 1 aromatic rings. The van der Waals surface area contributed by atoms with E-state index in [1.807, 2.05) is 6.92 Å². The van der Waals surface area contributed by atoms with E-state index < -0.39 is 17.7 Å². The van der Waals surface area contributed by atoms with Crippen LogP contribution in [0.2, 0.25) is 0 Å². The Balaban J connectivity index is 1.80. The first-order valence-electron chi connectivity index (χ1n) is 7.46. The lowest BCUT2D eigenvalue weighted by Crippen LogP contribution is -2.40. The molecule has 122 valence electrons. The maximum absolute atomic E-state index is 13.1. The van der Waals surface area contributed by atoms with Crippen molar-refractivity contribution in [3.63, 3.8) is 0 Å². The molecule has 4 nitrogen and oxygen atoms in total. The summed E-state index contributed by atoms with van der Waals surface area (Å²) in [5, 5.41) is 2.83. The Bertz CT molecular complexity index is 524. The predicted molar refractivity (Wildman–Crippen MR) is 77.6 cm³/mol. The van der Waals surface area contributed by atoms with Gasteiger partial charge in [-0.05, 0) is 44.7 Å². The summed E-state index contributed by atoms with van der Waals surface area (Å²) in [6.45, 7) is 4.87. The smallest absolute Gasteiger partial charge is 0.260 e. The fourth-order valence-electron chi connectivity index (χ4n) is 2.47. The summed E-state index contributed by atoms with van der Waals surface area (Å²) in [5.74, 6) is -1.70. The van der Waals surface area contributed by atoms with Gasteiger partial charge in [0.25, 0.3) is 5.91 Å². The van der Waals surface area contributed by atoms with Crippen molar-refractivity contribution in [1.82, 2.24) is 5.32 Å². The van der Waals surface area contributed by atoms with Crippen LogP contribution in [0.15, 0.2) is 18.2 Å². The van der Waals surface area contributed by atoms with Crippen LogP contribution in [0.4, 0.5) is 8.78 Å². The van der Waals surface area contributed by atoms with Crippen LogP contribution in [0.5, 0.6) is 5.75 Å². The summed E-state index contributed by atoms with van der Waals surface area (Å²) in [6.07, 6.45) is 1.27. The number of nitrogens with one attached hydrogen (secondary N) is 1. The minimum absolute atomic E-state index is 0.126. The molecule has 0 aromatic heterocycles. The first-order chi connectivity index (χ1) is 10.5. The lowest BCUT2D eigenvalue weighted by Gasteiger charge is -2.27. The quantitative estimate of drug-likeness (QED) is 0.909. The van der Waals surface area contributed by atoms with Gasteiger partial charge in [-0.25, -0.2) is 8.78 Å². The molecule has 1 heterocycles. The molecule has 2 rings (SSSR count). The highest BCUT2D eigenvalue weighted by Crippen LogP contribution is 2.19. The highest BCUT2D eigenvalue weighted by Gasteiger charge is 2.21. The molecular formula is C16H21F2NO3. The molecule has 0 aliphatic carbocycles. The highest BCUT2D eigenvalue weighted by atomic mass is 19.2. The van der Waals surface area contributed by atoms with Gasteiger partial charge in [0, 0.05) is 19.2 Å². The first kappa shape index (κ1) is 16.7. The lowest BCUT2D eigenvalue weighted by molar-refractivity contribution is -0.127. The molecule has 1 amide bonds. The van der Waals surface area contributed by atoms with E-state index >= 15 is 0 Å². The Morgan fingerprint density at radius 2 is 2.23 bits per heavy atom. The Morgan fingerprint density at radius 3 is 2.91 bits per heavy atom. The number of halogens is 2. The zero-order valence-corrected chi connectivity index (χ0v) is 12.8. The van der Waals surface area contributed by atoms with E-state index in [0.717, 1.165) is 25.0 Å². The largest absolute Gasteiger partial charge is 0.481 e. The summed E-state index contributed by atoms with van der Waals surface area (Å²) in [4.78, 5) is 12.0. The van der Waals surface area contributed by atoms with E-state index in [1.165, 1.54) is 6.07 Å². The van der Waals surface area contributed by atoms with Crippen molar-refractivity contribution in [3.05, 3.63) is 29.8 Å². The summed E-state index contributed by atoms with van der Waals surface area (Å²) in [5.41, 5.74) is 0. The fourth-order valence-corrected chi connectivity index (χ4v) is 2.47. The maximum Gasteiger partial charge on any atom is 0.260 e. The Morgan fingerprint density at radius 1 is 1.45 bits per heavy atom. The van der Waals surface area contributed by atoms with Gasteiger partial charge >= 0.3 is 0 Å². The second kappa shape index (κ2) is 7.54. The molecule has 3 atom stereocenters. The minimum atomic E-state index is -0.999. The van der Waals surface area contributed by atoms with Crippen molar-refractivity contribution in [2.75, 3.05) is 13.2 Å². The Kier molecular flexibility index (Phi) is 5.71. The van der Waals surface area contributed by atoms with Gasteiger partial charge in [-0.1, -0.05) is 0 Å². The number of amides is 1. The molecule has 1 N–H and O–H groups in total. The molecule has 0 saturated carbocycles. The molecule has 0 spiro atoms. The van der Waals surface area contributed by atoms with Gasteiger partial charge in [0.1, 0.15) is 5.75 Å². The highest BCUT2D eigenvalue weighted by molar-refractivity contribution is 5.80. The number of ether oxygens (including phenoxy) is 2. The van der Waals surface area contributed by atoms with Crippen LogP contribution in [-0.2, 0) is 9.53 Å². The molecule has 6 heteroatoms. The van der Waals surface area contributed by atoms with Crippen molar-refractivity contribution in [2.24, 2.45) is 5.92 Å². The molecular weight excluding hydrogens is 292 g/mol. The van der Waals surface area contributed by atoms with Gasteiger partial charge in [0.2, 0.25) is 0 Å². The molecule has 1 aromatic carbocycles. The Hall–Kier alpha value is -1.69. The number of hydrogen-bond acceptors (Lipinski definition) is 3. The summed E-state index contributed by atoms with van der Waals surface area (Å²) in [7, 11) is 0. The second-order valence-electron chi connectivity index (χ2n) is 5.65. The van der Waals surface area contributed by atoms with Gasteiger partial charge in [0.15, 0.2) is 17.7 Å². The fraction of sp³-hybridized carbons (Fsp3) is 0.562. The van der Waals surface area contributed by atoms with Crippen LogP contribution < -0.4 is 10.1 Å². The van der Waals surface area contributed by atoms with Gasteiger partial charge in [0.05, 0.1) is 6.10 Å². The maximum atomic E-state index is 13.1. The number of hydrogen-bond donors (Lipinski definition) is 1. The normalized spacial score (nSPS) is 22.9. The van der Waals surface area contributed by atoms with Crippen LogP contribution in [0.25, 0.3) is 0 Å². The molecule has 1 aliphatic heterocycles. The monoisotopic (exact) mass is 313 g/mol. The standard InChI is InChI=1S/C16H21F2NO3/c1-10-7-12(5-6-21-10)9-19-16(20)11(2)22-13-3-4-14(17)15(18)8-13/h3-4,8,10-12H,5-7,9H2,1-2H3,(H,19,20)/t10-,11-,12-/m1/s1. The average Bonchev–Trinajstić information content (AvgIpc) is 2.48. The van der Waals surface area contributed by atoms with E-state index in [1.54, 1.807) is 6.92 Å². The number of carbonyl (C=O) groups is 1. The lowest BCUT2D eigenvalue weighted by atomic mass is 9.96. The Labute approximate surface area is 128 Å². The van der Waals surface area contributed by atoms with E-state index in [0.29, 0.717) is 19.1 Å². The summed E-state index contributed by atoms with van der Waals surface area (Å²) >= 11 is 0. The minimum Gasteiger partial charge on any atom is -0.481 e. The molecule has 1 aliphatic rings. The summed E-state index contributed by atoms with van der Waals surface area (Å²) in [6, 6.07) is 3.19. The second-order valence-corrected chi connectivity index (χ2v) is 5.65. The van der Waals surface area contributed by atoms with Gasteiger partial charge in [-0.15, -0.1) is 0 Å². The molecule has 1 saturated heterocycles. The zero-order chi connectivity index (χ0) is 16.1. The molecule has 0 radical (unpaired) electrons. The van der Waals surface area contributed by atoms with Gasteiger partial charge < -0.3 is 14.8 Å². The summed E-state index contributed by atoms with van der Waals surface area (Å²) < 4.78 is 36.7. The first-order valence-corrected chi connectivity index (χ1v) is 7.46. The van der Waals surface area contributed by atoms with Crippen molar-refractivity contribution in [1.29, 1.82) is 0 Å². The topological polar surface area (TPSA) is 47.6 Å². The van der Waals surface area contributed by atoms with E-state index in [2.05, 4.69) is 5.32 Å². The van der Waals surface area contributed by atoms with E-state index in [9.17, 15) is 13.6 Å². The van der Waals surface area contributed by atoms with E-state index in [4.69, 9.17) is 9.47 Å². The van der Waals surface area contributed by atoms with Crippen LogP contribution in [0.1, 0.15) is 26.7 Å². The average molecular weight is 313 g/mol. The molecule has 0 bridgehead atoms. The number of benzene rings is 1. The van der Waals surface area contributed by atoms with E-state index in [-0.39, 0.29) is 17.8 Å². The van der Waals surface area contributed by atoms with Crippen LogP contribution in [0, 0.1) is 17.6 Å². The number of carbonyl (C=O) groups excluding carboxylic acids is 1. The third-order valence-corrected chi connectivity index (χ3v) is 3.73. The molecule has 1 fully saturated rings. The molecule has 22 heavy (non-hydrogen) atoms. The van der Waals surface area contributed by atoms with Crippen LogP contribution in [0.3, 0.4) is 0 Å². The van der Waals surface area contributed by atoms with Crippen molar-refractivity contribution in [3.8, 4) is 5.75 Å². The van der Waals surface area contributed by atoms with Gasteiger partial charge in [-0.3, -0.25) is 4.79 Å². The zero-order valence-electron chi connectivity index (χ0n) is 12.8.